The summed E-state index contributed by atoms with van der Waals surface area (Å²) in [5, 5.41) is 0. The molecule has 4 rings (SSSR count). The highest BCUT2D eigenvalue weighted by Gasteiger charge is 2.30. The molecule has 0 bridgehead atoms. The highest BCUT2D eigenvalue weighted by atomic mass is 15.1. The summed E-state index contributed by atoms with van der Waals surface area (Å²) in [6.45, 7) is 0. The molecular formula is C17H17N3. The maximum Gasteiger partial charge on any atom is 0.131 e. The molecule has 1 aliphatic carbocycles. The molecule has 2 N–H and O–H groups in total. The van der Waals surface area contributed by atoms with E-state index < -0.39 is 0 Å². The minimum Gasteiger partial charge on any atom is -0.323 e. The van der Waals surface area contributed by atoms with Gasteiger partial charge in [0.15, 0.2) is 0 Å². The van der Waals surface area contributed by atoms with Crippen LogP contribution in [0.4, 0.5) is 0 Å². The molecule has 0 spiro atoms. The van der Waals surface area contributed by atoms with Crippen LogP contribution in [0.1, 0.15) is 36.3 Å². The molecule has 3 heteroatoms. The average molecular weight is 263 g/mol. The maximum atomic E-state index is 6.46. The van der Waals surface area contributed by atoms with Crippen LogP contribution >= 0.6 is 0 Å². The second-order valence-corrected chi connectivity index (χ2v) is 5.45. The minimum absolute atomic E-state index is 0.163. The zero-order chi connectivity index (χ0) is 13.5. The van der Waals surface area contributed by atoms with Gasteiger partial charge in [0.05, 0.1) is 17.1 Å². The van der Waals surface area contributed by atoms with Gasteiger partial charge in [-0.3, -0.25) is 0 Å². The molecule has 0 unspecified atom stereocenters. The number of nitrogens with two attached hydrogens (primary N) is 1. The molecule has 2 aromatic carbocycles. The molecule has 3 aromatic rings. The summed E-state index contributed by atoms with van der Waals surface area (Å²) >= 11 is 0. The quantitative estimate of drug-likeness (QED) is 0.787. The van der Waals surface area contributed by atoms with Gasteiger partial charge in [0.25, 0.3) is 0 Å². The van der Waals surface area contributed by atoms with Crippen LogP contribution in [0, 0.1) is 0 Å². The molecule has 1 saturated carbocycles. The highest BCUT2D eigenvalue weighted by Crippen LogP contribution is 2.40. The van der Waals surface area contributed by atoms with E-state index in [0.29, 0.717) is 6.04 Å². The largest absolute Gasteiger partial charge is 0.323 e. The zero-order valence-corrected chi connectivity index (χ0v) is 11.2. The summed E-state index contributed by atoms with van der Waals surface area (Å²) in [7, 11) is 0. The maximum absolute atomic E-state index is 6.46. The Morgan fingerprint density at radius 3 is 2.45 bits per heavy atom. The van der Waals surface area contributed by atoms with Crippen molar-refractivity contribution in [3.05, 3.63) is 66.0 Å². The average Bonchev–Trinajstić information content (AvgIpc) is 3.27. The molecule has 0 saturated heterocycles. The van der Waals surface area contributed by atoms with E-state index in [1.807, 2.05) is 24.3 Å². The Morgan fingerprint density at radius 1 is 1.00 bits per heavy atom. The van der Waals surface area contributed by atoms with Gasteiger partial charge in [0.2, 0.25) is 0 Å². The molecule has 1 aliphatic rings. The van der Waals surface area contributed by atoms with Gasteiger partial charge in [0.1, 0.15) is 5.82 Å². The van der Waals surface area contributed by atoms with Crippen molar-refractivity contribution in [2.75, 3.05) is 0 Å². The van der Waals surface area contributed by atoms with Gasteiger partial charge < -0.3 is 10.3 Å². The van der Waals surface area contributed by atoms with Crippen molar-refractivity contribution in [3.8, 4) is 0 Å². The molecule has 1 aromatic heterocycles. The normalized spacial score (nSPS) is 16.4. The third kappa shape index (κ3) is 1.82. The SMILES string of the molecule is N[C@@H](c1ccccc1)c1nc2ccccc2n1C1CC1. The van der Waals surface area contributed by atoms with E-state index in [9.17, 15) is 0 Å². The molecule has 1 heterocycles. The van der Waals surface area contributed by atoms with Crippen LogP contribution in [-0.2, 0) is 0 Å². The van der Waals surface area contributed by atoms with Crippen LogP contribution < -0.4 is 5.73 Å². The van der Waals surface area contributed by atoms with E-state index in [1.165, 1.54) is 18.4 Å². The topological polar surface area (TPSA) is 43.8 Å². The lowest BCUT2D eigenvalue weighted by Gasteiger charge is -2.14. The molecule has 1 atom stereocenters. The lowest BCUT2D eigenvalue weighted by Crippen LogP contribution is -2.17. The van der Waals surface area contributed by atoms with Gasteiger partial charge in [-0.05, 0) is 30.5 Å². The van der Waals surface area contributed by atoms with Gasteiger partial charge in [-0.2, -0.15) is 0 Å². The molecule has 0 aliphatic heterocycles. The number of benzene rings is 2. The summed E-state index contributed by atoms with van der Waals surface area (Å²) in [6.07, 6.45) is 2.46. The third-order valence-electron chi connectivity index (χ3n) is 3.97. The number of rotatable bonds is 3. The highest BCUT2D eigenvalue weighted by molar-refractivity contribution is 5.76. The number of nitrogens with zero attached hydrogens (tertiary/aromatic N) is 2. The van der Waals surface area contributed by atoms with Gasteiger partial charge in [-0.1, -0.05) is 42.5 Å². The van der Waals surface area contributed by atoms with Crippen molar-refractivity contribution in [1.29, 1.82) is 0 Å². The summed E-state index contributed by atoms with van der Waals surface area (Å²) in [4.78, 5) is 4.79. The van der Waals surface area contributed by atoms with Crippen LogP contribution in [0.3, 0.4) is 0 Å². The van der Waals surface area contributed by atoms with Gasteiger partial charge in [-0.25, -0.2) is 4.98 Å². The Kier molecular flexibility index (Phi) is 2.60. The van der Waals surface area contributed by atoms with Crippen molar-refractivity contribution in [3.63, 3.8) is 0 Å². The Labute approximate surface area is 118 Å². The molecule has 20 heavy (non-hydrogen) atoms. The van der Waals surface area contributed by atoms with Crippen molar-refractivity contribution in [2.24, 2.45) is 5.73 Å². The summed E-state index contributed by atoms with van der Waals surface area (Å²) in [5.41, 5.74) is 9.83. The van der Waals surface area contributed by atoms with E-state index in [0.717, 1.165) is 16.9 Å². The van der Waals surface area contributed by atoms with Crippen LogP contribution in [-0.4, -0.2) is 9.55 Å². The first-order valence-corrected chi connectivity index (χ1v) is 7.12. The Morgan fingerprint density at radius 2 is 1.70 bits per heavy atom. The lowest BCUT2D eigenvalue weighted by atomic mass is 10.1. The smallest absolute Gasteiger partial charge is 0.131 e. The predicted octanol–water partition coefficient (Wildman–Crippen LogP) is 3.42. The van der Waals surface area contributed by atoms with Crippen molar-refractivity contribution in [1.82, 2.24) is 9.55 Å². The van der Waals surface area contributed by atoms with Gasteiger partial charge in [-0.15, -0.1) is 0 Å². The fourth-order valence-corrected chi connectivity index (χ4v) is 2.81. The monoisotopic (exact) mass is 263 g/mol. The van der Waals surface area contributed by atoms with Crippen LogP contribution in [0.5, 0.6) is 0 Å². The predicted molar refractivity (Wildman–Crippen MR) is 80.5 cm³/mol. The number of hydrogen-bond acceptors (Lipinski definition) is 2. The van der Waals surface area contributed by atoms with Crippen LogP contribution in [0.15, 0.2) is 54.6 Å². The second kappa shape index (κ2) is 4.46. The first kappa shape index (κ1) is 11.7. The Hall–Kier alpha value is -2.13. The van der Waals surface area contributed by atoms with Crippen molar-refractivity contribution >= 4 is 11.0 Å². The zero-order valence-electron chi connectivity index (χ0n) is 11.2. The fourth-order valence-electron chi connectivity index (χ4n) is 2.81. The first-order chi connectivity index (χ1) is 9.84. The second-order valence-electron chi connectivity index (χ2n) is 5.45. The minimum atomic E-state index is -0.163. The summed E-state index contributed by atoms with van der Waals surface area (Å²) < 4.78 is 2.34. The van der Waals surface area contributed by atoms with Crippen molar-refractivity contribution < 1.29 is 0 Å². The number of hydrogen-bond donors (Lipinski definition) is 1. The molecule has 1 fully saturated rings. The molecule has 0 radical (unpaired) electrons. The molecular weight excluding hydrogens is 246 g/mol. The lowest BCUT2D eigenvalue weighted by molar-refractivity contribution is 0.659. The number of aromatic nitrogens is 2. The van der Waals surface area contributed by atoms with E-state index in [1.54, 1.807) is 0 Å². The van der Waals surface area contributed by atoms with Crippen LogP contribution in [0.2, 0.25) is 0 Å². The molecule has 0 amide bonds. The van der Waals surface area contributed by atoms with Gasteiger partial charge >= 0.3 is 0 Å². The number of imidazole rings is 1. The van der Waals surface area contributed by atoms with Gasteiger partial charge in [0, 0.05) is 6.04 Å². The van der Waals surface area contributed by atoms with Crippen molar-refractivity contribution in [2.45, 2.75) is 24.9 Å². The first-order valence-electron chi connectivity index (χ1n) is 7.12. The Bertz CT molecular complexity index is 741. The summed E-state index contributed by atoms with van der Waals surface area (Å²) in [5.74, 6) is 0.986. The Balaban J connectivity index is 1.89. The van der Waals surface area contributed by atoms with E-state index in [-0.39, 0.29) is 6.04 Å². The standard InChI is InChI=1S/C17H17N3/c18-16(12-6-2-1-3-7-12)17-19-14-8-4-5-9-15(14)20(17)13-10-11-13/h1-9,13,16H,10-11,18H2/t16-/m0/s1. The third-order valence-corrected chi connectivity index (χ3v) is 3.97. The number of fused-ring (bicyclic) bond motifs is 1. The molecule has 3 nitrogen and oxygen atoms in total. The van der Waals surface area contributed by atoms with Crippen LogP contribution in [0.25, 0.3) is 11.0 Å². The fraction of sp³-hybridized carbons (Fsp3) is 0.235. The number of para-hydroxylation sites is 2. The molecule has 100 valence electrons. The van der Waals surface area contributed by atoms with E-state index in [4.69, 9.17) is 10.7 Å². The van der Waals surface area contributed by atoms with E-state index >= 15 is 0 Å². The van der Waals surface area contributed by atoms with E-state index in [2.05, 4.69) is 34.9 Å². The summed E-state index contributed by atoms with van der Waals surface area (Å²) in [6, 6.07) is 18.9.